The maximum atomic E-state index is 14.5. The van der Waals surface area contributed by atoms with Crippen LogP contribution >= 0.6 is 47.2 Å². The van der Waals surface area contributed by atoms with Crippen LogP contribution in [0.25, 0.3) is 33.3 Å². The molecule has 0 saturated carbocycles. The molecule has 1 aromatic heterocycles. The van der Waals surface area contributed by atoms with Crippen molar-refractivity contribution in [3.05, 3.63) is 87.4 Å². The van der Waals surface area contributed by atoms with Gasteiger partial charge in [0.1, 0.15) is 11.6 Å². The van der Waals surface area contributed by atoms with Crippen LogP contribution in [0.2, 0.25) is 15.1 Å². The fraction of sp³-hybridized carbons (Fsp3) is 0. The van der Waals surface area contributed by atoms with Gasteiger partial charge >= 0.3 is 0 Å². The summed E-state index contributed by atoms with van der Waals surface area (Å²) in [7, 11) is 0. The van der Waals surface area contributed by atoms with E-state index in [0.29, 0.717) is 38.3 Å². The Morgan fingerprint density at radius 3 is 2.18 bits per heavy atom. The summed E-state index contributed by atoms with van der Waals surface area (Å²) in [6.07, 6.45) is 0. The van der Waals surface area contributed by atoms with Crippen LogP contribution in [0, 0.1) is 11.6 Å². The molecule has 1 nitrogen and oxygen atoms in total. The predicted molar refractivity (Wildman–Crippen MR) is 115 cm³/mol. The molecule has 7 heteroatoms. The lowest BCUT2D eigenvalue weighted by atomic mass is 9.98. The van der Waals surface area contributed by atoms with Crippen LogP contribution in [0.1, 0.15) is 0 Å². The van der Waals surface area contributed by atoms with Gasteiger partial charge in [0.05, 0.1) is 21.3 Å². The van der Waals surface area contributed by atoms with E-state index in [4.69, 9.17) is 34.8 Å². The van der Waals surface area contributed by atoms with Gasteiger partial charge in [0.2, 0.25) is 0 Å². The van der Waals surface area contributed by atoms with E-state index in [1.807, 2.05) is 0 Å². The number of rotatable bonds is 2. The van der Waals surface area contributed by atoms with Crippen LogP contribution in [0.15, 0.2) is 60.7 Å². The van der Waals surface area contributed by atoms with Crippen molar-refractivity contribution in [1.82, 2.24) is 4.98 Å². The number of aromatic nitrogens is 1. The van der Waals surface area contributed by atoms with Gasteiger partial charge in [-0.05, 0) is 48.0 Å². The van der Waals surface area contributed by atoms with Crippen LogP contribution in [-0.4, -0.2) is 4.98 Å². The molecule has 0 spiro atoms. The average molecular weight is 457 g/mol. The molecule has 0 saturated heterocycles. The largest absolute Gasteiger partial charge is 0.248 e. The highest BCUT2D eigenvalue weighted by Gasteiger charge is 2.16. The van der Waals surface area contributed by atoms with Gasteiger partial charge in [-0.15, -0.1) is 12.4 Å². The predicted octanol–water partition coefficient (Wildman–Crippen LogP) is 8.23. The monoisotopic (exact) mass is 455 g/mol. The maximum absolute atomic E-state index is 14.5. The van der Waals surface area contributed by atoms with Gasteiger partial charge in [-0.2, -0.15) is 0 Å². The Labute approximate surface area is 181 Å². The third-order valence-electron chi connectivity index (χ3n) is 4.22. The number of benzene rings is 3. The Morgan fingerprint density at radius 2 is 1.43 bits per heavy atom. The summed E-state index contributed by atoms with van der Waals surface area (Å²) in [6, 6.07) is 15.8. The molecule has 0 aliphatic heterocycles. The Kier molecular flexibility index (Phi) is 6.11. The number of nitrogens with zero attached hydrogens (tertiary/aromatic N) is 1. The molecule has 0 atom stereocenters. The van der Waals surface area contributed by atoms with Crippen molar-refractivity contribution in [1.29, 1.82) is 0 Å². The molecule has 0 unspecified atom stereocenters. The molecular weight excluding hydrogens is 446 g/mol. The van der Waals surface area contributed by atoms with Gasteiger partial charge in [0.25, 0.3) is 0 Å². The minimum atomic E-state index is -0.610. The summed E-state index contributed by atoms with van der Waals surface area (Å²) in [4.78, 5) is 4.56. The smallest absolute Gasteiger partial charge is 0.142 e. The second-order valence-electron chi connectivity index (χ2n) is 5.94. The molecule has 0 fully saturated rings. The zero-order valence-corrected chi connectivity index (χ0v) is 17.1. The first-order valence-corrected chi connectivity index (χ1v) is 9.07. The lowest BCUT2D eigenvalue weighted by Gasteiger charge is -2.12. The Hall–Kier alpha value is -1.91. The van der Waals surface area contributed by atoms with Crippen LogP contribution in [0.3, 0.4) is 0 Å². The number of pyridine rings is 1. The fourth-order valence-electron chi connectivity index (χ4n) is 2.96. The van der Waals surface area contributed by atoms with Gasteiger partial charge in [-0.25, -0.2) is 13.8 Å². The second kappa shape index (κ2) is 8.22. The Morgan fingerprint density at radius 1 is 0.679 bits per heavy atom. The molecule has 4 rings (SSSR count). The average Bonchev–Trinajstić information content (AvgIpc) is 2.64. The van der Waals surface area contributed by atoms with Crippen molar-refractivity contribution in [3.8, 4) is 22.4 Å². The van der Waals surface area contributed by atoms with Gasteiger partial charge in [0.15, 0.2) is 0 Å². The summed E-state index contributed by atoms with van der Waals surface area (Å²) >= 11 is 18.2. The standard InChI is InChI=1S/C21H10Cl3F2N.ClH/c22-11-5-6-20-14(7-11)13(12-3-1-2-4-18(12)25)9-21(27-20)15-8-19(26)17(24)10-16(15)23;/h1-10H;1H. The van der Waals surface area contributed by atoms with Gasteiger partial charge in [0, 0.05) is 21.5 Å². The van der Waals surface area contributed by atoms with Crippen LogP contribution in [-0.2, 0) is 0 Å². The van der Waals surface area contributed by atoms with Gasteiger partial charge in [-0.1, -0.05) is 53.0 Å². The minimum absolute atomic E-state index is 0. The summed E-state index contributed by atoms with van der Waals surface area (Å²) in [5, 5.41) is 1.36. The van der Waals surface area contributed by atoms with Crippen molar-refractivity contribution in [2.24, 2.45) is 0 Å². The van der Waals surface area contributed by atoms with E-state index < -0.39 is 5.82 Å². The molecule has 3 aromatic carbocycles. The highest BCUT2D eigenvalue weighted by molar-refractivity contribution is 6.36. The Bertz CT molecular complexity index is 1190. The molecule has 0 aliphatic carbocycles. The number of hydrogen-bond acceptors (Lipinski definition) is 1. The van der Waals surface area contributed by atoms with Crippen LogP contribution < -0.4 is 0 Å². The van der Waals surface area contributed by atoms with Crippen molar-refractivity contribution >= 4 is 58.1 Å². The molecule has 4 aromatic rings. The maximum Gasteiger partial charge on any atom is 0.142 e. The fourth-order valence-corrected chi connectivity index (χ4v) is 3.61. The van der Waals surface area contributed by atoms with E-state index in [1.165, 1.54) is 18.2 Å². The van der Waals surface area contributed by atoms with Crippen molar-refractivity contribution in [3.63, 3.8) is 0 Å². The zero-order valence-electron chi connectivity index (χ0n) is 14.0. The van der Waals surface area contributed by atoms with E-state index in [-0.39, 0.29) is 28.3 Å². The highest BCUT2D eigenvalue weighted by atomic mass is 35.5. The quantitative estimate of drug-likeness (QED) is 0.277. The van der Waals surface area contributed by atoms with E-state index in [9.17, 15) is 8.78 Å². The van der Waals surface area contributed by atoms with Crippen LogP contribution in [0.4, 0.5) is 8.78 Å². The van der Waals surface area contributed by atoms with E-state index in [2.05, 4.69) is 4.98 Å². The first kappa shape index (κ1) is 20.8. The van der Waals surface area contributed by atoms with E-state index >= 15 is 0 Å². The van der Waals surface area contributed by atoms with E-state index in [0.717, 1.165) is 0 Å². The number of fused-ring (bicyclic) bond motifs is 1. The Balaban J connectivity index is 0.00000225. The molecule has 142 valence electrons. The molecule has 28 heavy (non-hydrogen) atoms. The zero-order chi connectivity index (χ0) is 19.1. The molecular formula is C21H11Cl4F2N. The summed E-state index contributed by atoms with van der Waals surface area (Å²) in [6.45, 7) is 0. The third-order valence-corrected chi connectivity index (χ3v) is 5.06. The second-order valence-corrected chi connectivity index (χ2v) is 7.19. The lowest BCUT2D eigenvalue weighted by Crippen LogP contribution is -1.93. The summed E-state index contributed by atoms with van der Waals surface area (Å²) < 4.78 is 28.5. The first-order chi connectivity index (χ1) is 12.9. The normalized spacial score (nSPS) is 10.8. The number of halogens is 6. The van der Waals surface area contributed by atoms with Gasteiger partial charge in [-0.3, -0.25) is 0 Å². The lowest BCUT2D eigenvalue weighted by molar-refractivity contribution is 0.628. The first-order valence-electron chi connectivity index (χ1n) is 7.94. The molecule has 0 amide bonds. The van der Waals surface area contributed by atoms with Gasteiger partial charge < -0.3 is 0 Å². The topological polar surface area (TPSA) is 12.9 Å². The molecule has 0 aliphatic rings. The highest BCUT2D eigenvalue weighted by Crippen LogP contribution is 2.37. The SMILES string of the molecule is Cl.Fc1cc(-c2cc(-c3ccccc3F)c3cc(Cl)ccc3n2)c(Cl)cc1Cl. The summed E-state index contributed by atoms with van der Waals surface area (Å²) in [5.74, 6) is -0.995. The van der Waals surface area contributed by atoms with Crippen LogP contribution in [0.5, 0.6) is 0 Å². The molecule has 0 radical (unpaired) electrons. The molecule has 0 bridgehead atoms. The van der Waals surface area contributed by atoms with Crippen molar-refractivity contribution < 1.29 is 8.78 Å². The molecule has 1 heterocycles. The third kappa shape index (κ3) is 3.81. The summed E-state index contributed by atoms with van der Waals surface area (Å²) in [5.41, 5.74) is 2.33. The molecule has 0 N–H and O–H groups in total. The van der Waals surface area contributed by atoms with Crippen molar-refractivity contribution in [2.75, 3.05) is 0 Å². The minimum Gasteiger partial charge on any atom is -0.248 e. The van der Waals surface area contributed by atoms with E-state index in [1.54, 1.807) is 42.5 Å². The number of hydrogen-bond donors (Lipinski definition) is 0. The van der Waals surface area contributed by atoms with Crippen molar-refractivity contribution in [2.45, 2.75) is 0 Å².